The summed E-state index contributed by atoms with van der Waals surface area (Å²) < 4.78 is 0. The van der Waals surface area contributed by atoms with Gasteiger partial charge in [0.15, 0.2) is 0 Å². The molecule has 0 aliphatic rings. The number of aliphatic hydroxyl groups excluding tert-OH is 2. The Labute approximate surface area is 816 Å². The van der Waals surface area contributed by atoms with E-state index < -0.39 is 347 Å². The topological polar surface area (TPSA) is 906 Å². The summed E-state index contributed by atoms with van der Waals surface area (Å²) in [7, 11) is 0. The highest BCUT2D eigenvalue weighted by Crippen LogP contribution is 2.18. The van der Waals surface area contributed by atoms with Crippen molar-refractivity contribution in [2.45, 2.75) is 280 Å². The molecular formula is C88H136N22O32. The number of hydrogen-bond acceptors (Lipinski definition) is 30. The maximum absolute atomic E-state index is 14.6. The van der Waals surface area contributed by atoms with Crippen LogP contribution in [0.5, 0.6) is 5.75 Å². The van der Waals surface area contributed by atoms with E-state index in [-0.39, 0.29) is 62.9 Å². The van der Waals surface area contributed by atoms with Crippen LogP contribution in [0.3, 0.4) is 0 Å². The molecule has 0 heterocycles. The van der Waals surface area contributed by atoms with Gasteiger partial charge in [-0.15, -0.1) is 0 Å². The lowest BCUT2D eigenvalue weighted by atomic mass is 9.98. The number of aliphatic hydroxyl groups is 2. The first kappa shape index (κ1) is 123. The van der Waals surface area contributed by atoms with E-state index in [4.69, 9.17) is 28.7 Å². The molecule has 0 aliphatic heterocycles. The number of carbonyl (C=O) groups excluding carboxylic acids is 19. The van der Waals surface area contributed by atoms with Crippen molar-refractivity contribution in [3.63, 3.8) is 0 Å². The summed E-state index contributed by atoms with van der Waals surface area (Å²) in [6.07, 6.45) is -8.93. The predicted molar refractivity (Wildman–Crippen MR) is 497 cm³/mol. The molecule has 0 fully saturated rings. The van der Waals surface area contributed by atoms with E-state index >= 15 is 0 Å². The molecule has 0 bridgehead atoms. The SMILES string of the molecule is CC(C)C[C@H](NC(=O)[C@H](C)NC(=O)[C@H](CC(=O)O)NC(=O)[C@H](Cc1ccc(O)cc1)NC(=O)[C@H](Cc1ccccc1)NC(=O)CNC(=O)[C@H](CC(=O)O)NC(=O)[C@H](CC(=O)O)NC(=O)[C@@H](N)[C@@H](C)O)C(=O)N[C@@H](CCC(=O)O)C(=O)N[C@@H](CCC(N)=O)C(=O)N[C@@H](CC(C)C)C(=O)N[C@H](C(=O)N[C@@H](CCC(N)=O)C(=O)NCC(=O)N[C@@H](CO)C(=O)N[C@@H](CCCCN)C(=O)N[C@@H](CCCCN)C(=O)O)C(C)C. The van der Waals surface area contributed by atoms with Gasteiger partial charge in [-0.1, -0.05) is 84.0 Å². The number of phenols is 1. The van der Waals surface area contributed by atoms with Gasteiger partial charge in [-0.3, -0.25) is 110 Å². The van der Waals surface area contributed by atoms with Gasteiger partial charge in [-0.05, 0) is 139 Å². The number of rotatable bonds is 69. The summed E-state index contributed by atoms with van der Waals surface area (Å²) in [5.41, 5.74) is 28.2. The molecule has 0 saturated heterocycles. The van der Waals surface area contributed by atoms with Crippen LogP contribution in [-0.4, -0.2) is 318 Å². The van der Waals surface area contributed by atoms with Gasteiger partial charge < -0.3 is 160 Å². The number of carboxylic acid groups (broad SMARTS) is 5. The van der Waals surface area contributed by atoms with E-state index in [2.05, 4.69) is 79.8 Å². The quantitative estimate of drug-likeness (QED) is 0.0274. The van der Waals surface area contributed by atoms with Gasteiger partial charge in [0.25, 0.3) is 0 Å². The fraction of sp³-hybridized carbons (Fsp3) is 0.591. The van der Waals surface area contributed by atoms with Crippen LogP contribution in [0.4, 0.5) is 0 Å². The standard InChI is InChI=1S/C88H136N22O32/c1-42(2)32-55(104-73(126)45(7)96-79(132)60(37-69(122)123)108-82(135)58(35-48-20-22-49(113)23-21-48)106-81(134)57(34-47-16-10-9-11-17-47)97-65(116)39-95-75(128)59(36-68(120)121)107-83(136)61(38-70(124)125)109-86(139)71(93)46(8)112)80(133)101-53(26-29-67(118)119)77(130)100-52(25-28-64(92)115)78(131)105-56(33-43(3)4)84(137)110-72(44(5)6)87(140)102-51(24-27-63(91)114)74(127)94-40-66(117)98-62(41-111)85(138)99-50(18-12-14-30-89)76(129)103-54(88(141)142)19-13-15-31-90/h9-11,16-17,20-23,42-46,50-62,71-72,111-113H,12-15,18-19,24-41,89-90,93H2,1-8H3,(H2,91,114)(H2,92,115)(H,94,127)(H,95,128)(H,96,132)(H,97,116)(H,98,117)(H,99,138)(H,100,130)(H,101,133)(H,102,140)(H,103,129)(H,104,126)(H,105,131)(H,106,134)(H,107,136)(H,108,135)(H,109,139)(H,110,137)(H,118,119)(H,120,121)(H,122,123)(H,124,125)(H,141,142)/t45-,46+,50-,51-,52-,53-,54-,55-,56-,57-,58-,59-,60-,61-,62-,71-,72-/m0/s1. The Morgan fingerprint density at radius 3 is 1.06 bits per heavy atom. The normalized spacial score (nSPS) is 14.7. The fourth-order valence-electron chi connectivity index (χ4n) is 13.5. The number of carboxylic acids is 5. The minimum Gasteiger partial charge on any atom is -0.508 e. The van der Waals surface area contributed by atoms with E-state index in [0.717, 1.165) is 13.8 Å². The zero-order valence-corrected chi connectivity index (χ0v) is 80.0. The second-order valence-electron chi connectivity index (χ2n) is 34.7. The molecule has 35 N–H and O–H groups in total. The van der Waals surface area contributed by atoms with Crippen LogP contribution in [0.25, 0.3) is 0 Å². The summed E-state index contributed by atoms with van der Waals surface area (Å²) in [5, 5.41) is 118. The van der Waals surface area contributed by atoms with Crippen LogP contribution in [0, 0.1) is 17.8 Å². The number of amides is 19. The number of primary amides is 2. The van der Waals surface area contributed by atoms with Crippen LogP contribution in [-0.2, 0) is 128 Å². The van der Waals surface area contributed by atoms with Gasteiger partial charge in [0.1, 0.15) is 102 Å². The first-order valence-corrected chi connectivity index (χ1v) is 45.6. The number of phenolic OH excluding ortho intramolecular Hbond substituents is 1. The number of hydrogen-bond donors (Lipinski definition) is 30. The predicted octanol–water partition coefficient (Wildman–Crippen LogP) is -9.69. The highest BCUT2D eigenvalue weighted by molar-refractivity contribution is 6.02. The molecule has 0 saturated carbocycles. The van der Waals surface area contributed by atoms with Crippen LogP contribution in [0.1, 0.15) is 176 Å². The average molecular weight is 2010 g/mol. The van der Waals surface area contributed by atoms with Crippen molar-refractivity contribution >= 4 is 142 Å². The van der Waals surface area contributed by atoms with Crippen LogP contribution in [0.2, 0.25) is 0 Å². The first-order valence-electron chi connectivity index (χ1n) is 45.6. The molecule has 2 aromatic carbocycles. The second-order valence-corrected chi connectivity index (χ2v) is 34.7. The summed E-state index contributed by atoms with van der Waals surface area (Å²) in [5.74, 6) is -32.2. The smallest absolute Gasteiger partial charge is 0.326 e. The third-order valence-corrected chi connectivity index (χ3v) is 21.2. The molecule has 17 atom stereocenters. The molecule has 54 nitrogen and oxygen atoms in total. The minimum atomic E-state index is -2.13. The molecule has 0 unspecified atom stereocenters. The van der Waals surface area contributed by atoms with E-state index in [1.165, 1.54) is 50.2 Å². The molecule has 790 valence electrons. The van der Waals surface area contributed by atoms with Gasteiger partial charge in [0.05, 0.1) is 45.1 Å². The van der Waals surface area contributed by atoms with E-state index in [1.807, 2.05) is 10.6 Å². The highest BCUT2D eigenvalue weighted by atomic mass is 16.4. The van der Waals surface area contributed by atoms with E-state index in [9.17, 15) is 156 Å². The summed E-state index contributed by atoms with van der Waals surface area (Å²) >= 11 is 0. The molecule has 54 heteroatoms. The number of aromatic hydroxyl groups is 1. The van der Waals surface area contributed by atoms with Crippen molar-refractivity contribution in [2.75, 3.05) is 32.8 Å². The summed E-state index contributed by atoms with van der Waals surface area (Å²) in [6, 6.07) is -15.3. The van der Waals surface area contributed by atoms with Crippen molar-refractivity contribution in [3.05, 3.63) is 65.7 Å². The zero-order chi connectivity index (χ0) is 107. The second kappa shape index (κ2) is 63.8. The van der Waals surface area contributed by atoms with Crippen molar-refractivity contribution < 1.29 is 156 Å². The van der Waals surface area contributed by atoms with Gasteiger partial charge in [-0.25, -0.2) is 4.79 Å². The van der Waals surface area contributed by atoms with Crippen molar-refractivity contribution in [1.82, 2.24) is 90.4 Å². The number of aliphatic carboxylic acids is 5. The first-order chi connectivity index (χ1) is 66.6. The molecule has 0 spiro atoms. The Kier molecular flexibility index (Phi) is 55.4. The molecule has 0 aromatic heterocycles. The lowest BCUT2D eigenvalue weighted by Crippen LogP contribution is -2.61. The minimum absolute atomic E-state index is 0.00626. The van der Waals surface area contributed by atoms with Gasteiger partial charge in [-0.2, -0.15) is 0 Å². The molecule has 2 rings (SSSR count). The van der Waals surface area contributed by atoms with Crippen molar-refractivity contribution in [2.24, 2.45) is 46.4 Å². The van der Waals surface area contributed by atoms with Gasteiger partial charge in [0.2, 0.25) is 112 Å². The van der Waals surface area contributed by atoms with Gasteiger partial charge in [0, 0.05) is 32.1 Å². The molecular weight excluding hydrogens is 1880 g/mol. The lowest BCUT2D eigenvalue weighted by molar-refractivity contribution is -0.143. The Balaban J connectivity index is 2.49. The van der Waals surface area contributed by atoms with E-state index in [0.29, 0.717) is 24.8 Å². The van der Waals surface area contributed by atoms with E-state index in [1.54, 1.807) is 45.9 Å². The Morgan fingerprint density at radius 2 is 0.648 bits per heavy atom. The monoisotopic (exact) mass is 2010 g/mol. The maximum atomic E-state index is 14.6. The summed E-state index contributed by atoms with van der Waals surface area (Å²) in [6.45, 7) is 8.86. The molecule has 2 aromatic rings. The van der Waals surface area contributed by atoms with Crippen molar-refractivity contribution in [1.29, 1.82) is 0 Å². The number of benzene rings is 2. The Morgan fingerprint density at radius 1 is 0.324 bits per heavy atom. The Hall–Kier alpha value is -14.7. The van der Waals surface area contributed by atoms with Crippen LogP contribution >= 0.6 is 0 Å². The molecule has 0 radical (unpaired) electrons. The van der Waals surface area contributed by atoms with Crippen LogP contribution in [0.15, 0.2) is 54.6 Å². The maximum Gasteiger partial charge on any atom is 0.326 e. The average Bonchev–Trinajstić information content (AvgIpc) is 0.850. The lowest BCUT2D eigenvalue weighted by Gasteiger charge is -2.29. The fourth-order valence-corrected chi connectivity index (χ4v) is 13.5. The van der Waals surface area contributed by atoms with Gasteiger partial charge >= 0.3 is 29.8 Å². The third kappa shape index (κ3) is 48.3. The highest BCUT2D eigenvalue weighted by Gasteiger charge is 2.41. The molecule has 0 aliphatic carbocycles. The number of carbonyl (C=O) groups is 24. The summed E-state index contributed by atoms with van der Waals surface area (Å²) in [4.78, 5) is 322. The molecule has 19 amide bonds. The Bertz CT molecular complexity index is 4680. The zero-order valence-electron chi connectivity index (χ0n) is 80.0. The number of nitrogens with one attached hydrogen (secondary N) is 17. The number of unbranched alkanes of at least 4 members (excludes halogenated alkanes) is 2. The molecule has 142 heavy (non-hydrogen) atoms. The largest absolute Gasteiger partial charge is 0.508 e. The van der Waals surface area contributed by atoms with Crippen LogP contribution < -0.4 is 119 Å². The van der Waals surface area contributed by atoms with Crippen molar-refractivity contribution in [3.8, 4) is 5.75 Å². The number of nitrogens with two attached hydrogens (primary N) is 5. The third-order valence-electron chi connectivity index (χ3n) is 21.2.